The highest BCUT2D eigenvalue weighted by Gasteiger charge is 2.23. The predicted octanol–water partition coefficient (Wildman–Crippen LogP) is 1.35. The zero-order chi connectivity index (χ0) is 10.6. The number of rotatable bonds is 3. The lowest BCUT2D eigenvalue weighted by molar-refractivity contribution is 0.0891. The summed E-state index contributed by atoms with van der Waals surface area (Å²) < 4.78 is 5.14. The van der Waals surface area contributed by atoms with Crippen molar-refractivity contribution in [3.05, 3.63) is 0 Å². The monoisotopic (exact) mass is 200 g/mol. The van der Waals surface area contributed by atoms with Gasteiger partial charge in [0.1, 0.15) is 6.61 Å². The minimum absolute atomic E-state index is 0.215. The van der Waals surface area contributed by atoms with Crippen LogP contribution in [0.15, 0.2) is 0 Å². The van der Waals surface area contributed by atoms with Gasteiger partial charge in [-0.1, -0.05) is 6.92 Å². The molecule has 1 fully saturated rings. The summed E-state index contributed by atoms with van der Waals surface area (Å²) in [6.45, 7) is 5.84. The van der Waals surface area contributed by atoms with Crippen LogP contribution in [0, 0.1) is 0 Å². The van der Waals surface area contributed by atoms with E-state index >= 15 is 0 Å². The van der Waals surface area contributed by atoms with Gasteiger partial charge in [0, 0.05) is 18.6 Å². The van der Waals surface area contributed by atoms with Crippen molar-refractivity contribution < 1.29 is 9.53 Å². The molecule has 1 saturated heterocycles. The minimum atomic E-state index is -0.393. The Labute approximate surface area is 85.4 Å². The van der Waals surface area contributed by atoms with Crippen molar-refractivity contribution in [2.45, 2.75) is 38.6 Å². The summed E-state index contributed by atoms with van der Waals surface area (Å²) in [4.78, 5) is 13.2. The second-order valence-electron chi connectivity index (χ2n) is 4.26. The molecule has 0 aromatic rings. The summed E-state index contributed by atoms with van der Waals surface area (Å²) >= 11 is 0. The molecule has 14 heavy (non-hydrogen) atoms. The lowest BCUT2D eigenvalue weighted by atomic mass is 10.0. The molecule has 1 rings (SSSR count). The first-order chi connectivity index (χ1) is 6.55. The van der Waals surface area contributed by atoms with Gasteiger partial charge in [-0.15, -0.1) is 0 Å². The highest BCUT2D eigenvalue weighted by atomic mass is 16.6. The van der Waals surface area contributed by atoms with Crippen LogP contribution in [-0.2, 0) is 4.74 Å². The standard InChI is InChI=1S/C10H20N2O2/c1-3-10(2,11)8-14-9(13)12-6-4-5-7-12/h3-8,11H2,1-2H3. The highest BCUT2D eigenvalue weighted by molar-refractivity contribution is 5.67. The molecule has 1 amide bonds. The Morgan fingerprint density at radius 1 is 1.50 bits per heavy atom. The predicted molar refractivity (Wildman–Crippen MR) is 55.0 cm³/mol. The van der Waals surface area contributed by atoms with Gasteiger partial charge in [-0.05, 0) is 26.2 Å². The van der Waals surface area contributed by atoms with E-state index in [0.29, 0.717) is 6.61 Å². The minimum Gasteiger partial charge on any atom is -0.447 e. The molecule has 0 saturated carbocycles. The van der Waals surface area contributed by atoms with Crippen molar-refractivity contribution >= 4 is 6.09 Å². The van der Waals surface area contributed by atoms with E-state index < -0.39 is 5.54 Å². The van der Waals surface area contributed by atoms with Gasteiger partial charge in [0.2, 0.25) is 0 Å². The highest BCUT2D eigenvalue weighted by Crippen LogP contribution is 2.11. The zero-order valence-corrected chi connectivity index (χ0v) is 9.08. The molecule has 82 valence electrons. The molecule has 1 aliphatic heterocycles. The first-order valence-corrected chi connectivity index (χ1v) is 5.26. The quantitative estimate of drug-likeness (QED) is 0.748. The molecular weight excluding hydrogens is 180 g/mol. The smallest absolute Gasteiger partial charge is 0.409 e. The van der Waals surface area contributed by atoms with E-state index in [1.807, 2.05) is 13.8 Å². The molecule has 0 radical (unpaired) electrons. The Morgan fingerprint density at radius 3 is 2.57 bits per heavy atom. The van der Waals surface area contributed by atoms with Crippen molar-refractivity contribution in [2.75, 3.05) is 19.7 Å². The van der Waals surface area contributed by atoms with Crippen LogP contribution in [0.2, 0.25) is 0 Å². The maximum Gasteiger partial charge on any atom is 0.409 e. The number of hydrogen-bond donors (Lipinski definition) is 1. The lowest BCUT2D eigenvalue weighted by Crippen LogP contribution is -2.42. The molecular formula is C10H20N2O2. The van der Waals surface area contributed by atoms with E-state index in [9.17, 15) is 4.79 Å². The number of carbonyl (C=O) groups excluding carboxylic acids is 1. The number of amides is 1. The fraction of sp³-hybridized carbons (Fsp3) is 0.900. The number of likely N-dealkylation sites (tertiary alicyclic amines) is 1. The van der Waals surface area contributed by atoms with Crippen molar-refractivity contribution in [3.63, 3.8) is 0 Å². The van der Waals surface area contributed by atoms with Gasteiger partial charge in [-0.3, -0.25) is 0 Å². The molecule has 2 N–H and O–H groups in total. The van der Waals surface area contributed by atoms with E-state index in [2.05, 4.69) is 0 Å². The summed E-state index contributed by atoms with van der Waals surface area (Å²) in [5.41, 5.74) is 5.47. The molecule has 1 atom stereocenters. The fourth-order valence-electron chi connectivity index (χ4n) is 1.32. The average molecular weight is 200 g/mol. The van der Waals surface area contributed by atoms with E-state index in [-0.39, 0.29) is 6.09 Å². The second-order valence-corrected chi connectivity index (χ2v) is 4.26. The third-order valence-electron chi connectivity index (χ3n) is 2.70. The summed E-state index contributed by atoms with van der Waals surface area (Å²) in [7, 11) is 0. The molecule has 4 heteroatoms. The third kappa shape index (κ3) is 3.18. The second kappa shape index (κ2) is 4.64. The van der Waals surface area contributed by atoms with Crippen LogP contribution in [0.5, 0.6) is 0 Å². The maximum absolute atomic E-state index is 11.5. The molecule has 0 bridgehead atoms. The van der Waals surface area contributed by atoms with Gasteiger partial charge in [0.05, 0.1) is 0 Å². The summed E-state index contributed by atoms with van der Waals surface area (Å²) in [6, 6.07) is 0. The Morgan fingerprint density at radius 2 is 2.07 bits per heavy atom. The van der Waals surface area contributed by atoms with Gasteiger partial charge in [0.25, 0.3) is 0 Å². The molecule has 0 aliphatic carbocycles. The zero-order valence-electron chi connectivity index (χ0n) is 9.08. The topological polar surface area (TPSA) is 55.6 Å². The number of nitrogens with zero attached hydrogens (tertiary/aromatic N) is 1. The number of ether oxygens (including phenoxy) is 1. The Balaban J connectivity index is 2.27. The van der Waals surface area contributed by atoms with Crippen LogP contribution in [0.3, 0.4) is 0 Å². The summed E-state index contributed by atoms with van der Waals surface area (Å²) in [5.74, 6) is 0. The van der Waals surface area contributed by atoms with Gasteiger partial charge in [-0.2, -0.15) is 0 Å². The molecule has 0 aromatic heterocycles. The largest absolute Gasteiger partial charge is 0.447 e. The van der Waals surface area contributed by atoms with Crippen molar-refractivity contribution in [2.24, 2.45) is 5.73 Å². The van der Waals surface area contributed by atoms with Gasteiger partial charge in [0.15, 0.2) is 0 Å². The van der Waals surface area contributed by atoms with Crippen molar-refractivity contribution in [3.8, 4) is 0 Å². The first-order valence-electron chi connectivity index (χ1n) is 5.26. The molecule has 1 unspecified atom stereocenters. The number of hydrogen-bond acceptors (Lipinski definition) is 3. The molecule has 4 nitrogen and oxygen atoms in total. The average Bonchev–Trinajstić information content (AvgIpc) is 2.67. The Hall–Kier alpha value is -0.770. The molecule has 1 aliphatic rings. The van der Waals surface area contributed by atoms with Crippen LogP contribution in [0.25, 0.3) is 0 Å². The van der Waals surface area contributed by atoms with Gasteiger partial charge >= 0.3 is 6.09 Å². The summed E-state index contributed by atoms with van der Waals surface area (Å²) in [5, 5.41) is 0. The van der Waals surface area contributed by atoms with Crippen molar-refractivity contribution in [1.29, 1.82) is 0 Å². The Bertz CT molecular complexity index is 198. The maximum atomic E-state index is 11.5. The van der Waals surface area contributed by atoms with Crippen LogP contribution < -0.4 is 5.73 Å². The van der Waals surface area contributed by atoms with E-state index in [4.69, 9.17) is 10.5 Å². The molecule has 1 heterocycles. The van der Waals surface area contributed by atoms with E-state index in [1.165, 1.54) is 0 Å². The van der Waals surface area contributed by atoms with Gasteiger partial charge < -0.3 is 15.4 Å². The molecule has 0 spiro atoms. The van der Waals surface area contributed by atoms with Crippen LogP contribution in [-0.4, -0.2) is 36.2 Å². The number of nitrogens with two attached hydrogens (primary N) is 1. The fourth-order valence-corrected chi connectivity index (χ4v) is 1.32. The lowest BCUT2D eigenvalue weighted by Gasteiger charge is -2.24. The van der Waals surface area contributed by atoms with E-state index in [0.717, 1.165) is 32.4 Å². The van der Waals surface area contributed by atoms with E-state index in [1.54, 1.807) is 4.90 Å². The van der Waals surface area contributed by atoms with Crippen molar-refractivity contribution in [1.82, 2.24) is 4.90 Å². The summed E-state index contributed by atoms with van der Waals surface area (Å²) in [6.07, 6.45) is 2.76. The normalized spacial score (nSPS) is 20.6. The van der Waals surface area contributed by atoms with Crippen LogP contribution >= 0.6 is 0 Å². The third-order valence-corrected chi connectivity index (χ3v) is 2.70. The van der Waals surface area contributed by atoms with Crippen LogP contribution in [0.4, 0.5) is 4.79 Å². The SMILES string of the molecule is CCC(C)(N)COC(=O)N1CCCC1. The number of carbonyl (C=O) groups is 1. The first kappa shape index (κ1) is 11.3. The van der Waals surface area contributed by atoms with Gasteiger partial charge in [-0.25, -0.2) is 4.79 Å². The molecule has 0 aromatic carbocycles. The van der Waals surface area contributed by atoms with Crippen LogP contribution in [0.1, 0.15) is 33.1 Å². The Kier molecular flexibility index (Phi) is 3.75.